The zero-order chi connectivity index (χ0) is 13.1. The molecule has 1 heterocycles. The Morgan fingerprint density at radius 1 is 1.44 bits per heavy atom. The van der Waals surface area contributed by atoms with E-state index in [1.54, 1.807) is 24.0 Å². The Kier molecular flexibility index (Phi) is 3.43. The molecule has 2 rings (SSSR count). The van der Waals surface area contributed by atoms with Crippen molar-refractivity contribution in [3.8, 4) is 5.69 Å². The molecule has 5 heteroatoms. The molecule has 18 heavy (non-hydrogen) atoms. The van der Waals surface area contributed by atoms with E-state index >= 15 is 0 Å². The zero-order valence-electron chi connectivity index (χ0n) is 10.3. The maximum Gasteiger partial charge on any atom is 0.271 e. The first-order chi connectivity index (χ1) is 8.65. The second kappa shape index (κ2) is 5.01. The highest BCUT2D eigenvalue weighted by Crippen LogP contribution is 2.16. The third kappa shape index (κ3) is 2.26. The molecule has 2 aromatic rings. The molecule has 0 aliphatic heterocycles. The van der Waals surface area contributed by atoms with Crippen LogP contribution in [0.4, 0.5) is 0 Å². The lowest BCUT2D eigenvalue weighted by atomic mass is 10.1. The minimum atomic E-state index is -0.230. The highest BCUT2D eigenvalue weighted by molar-refractivity contribution is 5.91. The van der Waals surface area contributed by atoms with Crippen LogP contribution in [0.1, 0.15) is 21.6 Å². The van der Waals surface area contributed by atoms with Crippen LogP contribution in [-0.2, 0) is 6.61 Å². The van der Waals surface area contributed by atoms with Gasteiger partial charge in [-0.2, -0.15) is 5.10 Å². The van der Waals surface area contributed by atoms with Crippen LogP contribution in [0.15, 0.2) is 30.5 Å². The lowest BCUT2D eigenvalue weighted by molar-refractivity contribution is 0.0957. The van der Waals surface area contributed by atoms with Gasteiger partial charge in [0, 0.05) is 18.8 Å². The second-order valence-electron chi connectivity index (χ2n) is 4.01. The number of amides is 1. The van der Waals surface area contributed by atoms with Crippen LogP contribution in [0.3, 0.4) is 0 Å². The summed E-state index contributed by atoms with van der Waals surface area (Å²) in [5, 5.41) is 16.0. The Bertz CT molecular complexity index is 575. The molecule has 0 bridgehead atoms. The third-order valence-electron chi connectivity index (χ3n) is 2.70. The standard InChI is InChI=1S/C13H15N3O2/c1-9-3-4-12(10(7-9)8-17)16-6-5-11(15-16)13(18)14-2/h3-7,17H,8H2,1-2H3,(H,14,18). The fourth-order valence-electron chi connectivity index (χ4n) is 1.77. The van der Waals surface area contributed by atoms with Gasteiger partial charge in [0.15, 0.2) is 5.69 Å². The highest BCUT2D eigenvalue weighted by Gasteiger charge is 2.10. The van der Waals surface area contributed by atoms with Gasteiger partial charge in [-0.05, 0) is 19.1 Å². The van der Waals surface area contributed by atoms with E-state index in [9.17, 15) is 9.90 Å². The number of hydrogen-bond donors (Lipinski definition) is 2. The molecule has 2 N–H and O–H groups in total. The van der Waals surface area contributed by atoms with Crippen molar-refractivity contribution >= 4 is 5.91 Å². The Balaban J connectivity index is 2.42. The first-order valence-electron chi connectivity index (χ1n) is 5.64. The van der Waals surface area contributed by atoms with Gasteiger partial charge in [0.05, 0.1) is 12.3 Å². The van der Waals surface area contributed by atoms with E-state index in [1.165, 1.54) is 0 Å². The van der Waals surface area contributed by atoms with Crippen LogP contribution in [0, 0.1) is 6.92 Å². The molecule has 1 aromatic carbocycles. The summed E-state index contributed by atoms with van der Waals surface area (Å²) in [4.78, 5) is 11.4. The van der Waals surface area contributed by atoms with E-state index in [0.717, 1.165) is 16.8 Å². The Morgan fingerprint density at radius 2 is 2.22 bits per heavy atom. The summed E-state index contributed by atoms with van der Waals surface area (Å²) in [7, 11) is 1.56. The quantitative estimate of drug-likeness (QED) is 0.848. The molecule has 0 aliphatic rings. The van der Waals surface area contributed by atoms with Crippen molar-refractivity contribution in [2.24, 2.45) is 0 Å². The molecular formula is C13H15N3O2. The average molecular weight is 245 g/mol. The molecule has 1 aromatic heterocycles. The second-order valence-corrected chi connectivity index (χ2v) is 4.01. The first kappa shape index (κ1) is 12.3. The molecule has 5 nitrogen and oxygen atoms in total. The summed E-state index contributed by atoms with van der Waals surface area (Å²) in [5.41, 5.74) is 2.98. The maximum atomic E-state index is 11.4. The van der Waals surface area contributed by atoms with E-state index in [-0.39, 0.29) is 12.5 Å². The number of aliphatic hydroxyl groups is 1. The Morgan fingerprint density at radius 3 is 2.89 bits per heavy atom. The van der Waals surface area contributed by atoms with E-state index in [0.29, 0.717) is 5.69 Å². The normalized spacial score (nSPS) is 10.4. The van der Waals surface area contributed by atoms with Crippen LogP contribution in [0.5, 0.6) is 0 Å². The van der Waals surface area contributed by atoms with Gasteiger partial charge >= 0.3 is 0 Å². The summed E-state index contributed by atoms with van der Waals surface area (Å²) >= 11 is 0. The smallest absolute Gasteiger partial charge is 0.271 e. The van der Waals surface area contributed by atoms with E-state index in [4.69, 9.17) is 0 Å². The molecule has 0 saturated heterocycles. The van der Waals surface area contributed by atoms with E-state index in [2.05, 4.69) is 10.4 Å². The van der Waals surface area contributed by atoms with E-state index < -0.39 is 0 Å². The van der Waals surface area contributed by atoms with Crippen molar-refractivity contribution in [3.05, 3.63) is 47.3 Å². The van der Waals surface area contributed by atoms with E-state index in [1.807, 2.05) is 25.1 Å². The lowest BCUT2D eigenvalue weighted by Crippen LogP contribution is -2.18. The van der Waals surface area contributed by atoms with Crippen LogP contribution >= 0.6 is 0 Å². The van der Waals surface area contributed by atoms with Crippen molar-refractivity contribution in [1.29, 1.82) is 0 Å². The molecule has 0 aliphatic carbocycles. The molecule has 0 fully saturated rings. The number of aliphatic hydroxyl groups excluding tert-OH is 1. The molecule has 0 saturated carbocycles. The molecule has 0 unspecified atom stereocenters. The lowest BCUT2D eigenvalue weighted by Gasteiger charge is -2.08. The van der Waals surface area contributed by atoms with Gasteiger partial charge in [0.2, 0.25) is 0 Å². The van der Waals surface area contributed by atoms with Crippen molar-refractivity contribution < 1.29 is 9.90 Å². The van der Waals surface area contributed by atoms with Gasteiger partial charge < -0.3 is 10.4 Å². The van der Waals surface area contributed by atoms with Crippen molar-refractivity contribution in [3.63, 3.8) is 0 Å². The summed E-state index contributed by atoms with van der Waals surface area (Å²) in [5.74, 6) is -0.230. The van der Waals surface area contributed by atoms with Crippen LogP contribution in [0.25, 0.3) is 5.69 Å². The number of carbonyl (C=O) groups excluding carboxylic acids is 1. The number of aromatic nitrogens is 2. The van der Waals surface area contributed by atoms with Gasteiger partial charge in [-0.3, -0.25) is 4.79 Å². The summed E-state index contributed by atoms with van der Waals surface area (Å²) in [6, 6.07) is 7.35. The maximum absolute atomic E-state index is 11.4. The topological polar surface area (TPSA) is 67.2 Å². The largest absolute Gasteiger partial charge is 0.392 e. The zero-order valence-corrected chi connectivity index (χ0v) is 10.3. The first-order valence-corrected chi connectivity index (χ1v) is 5.64. The number of nitrogens with zero attached hydrogens (tertiary/aromatic N) is 2. The van der Waals surface area contributed by atoms with Gasteiger partial charge in [-0.25, -0.2) is 4.68 Å². The summed E-state index contributed by atoms with van der Waals surface area (Å²) in [6.45, 7) is 1.90. The van der Waals surface area contributed by atoms with Crippen molar-refractivity contribution in [2.75, 3.05) is 7.05 Å². The van der Waals surface area contributed by atoms with Crippen LogP contribution < -0.4 is 5.32 Å². The van der Waals surface area contributed by atoms with Gasteiger partial charge in [-0.1, -0.05) is 17.7 Å². The number of benzene rings is 1. The fourth-order valence-corrected chi connectivity index (χ4v) is 1.77. The SMILES string of the molecule is CNC(=O)c1ccn(-c2ccc(C)cc2CO)n1. The number of aryl methyl sites for hydroxylation is 1. The highest BCUT2D eigenvalue weighted by atomic mass is 16.3. The van der Waals surface area contributed by atoms with Gasteiger partial charge in [0.1, 0.15) is 0 Å². The number of hydrogen-bond acceptors (Lipinski definition) is 3. The molecule has 0 radical (unpaired) electrons. The van der Waals surface area contributed by atoms with Crippen LogP contribution in [0.2, 0.25) is 0 Å². The third-order valence-corrected chi connectivity index (χ3v) is 2.70. The Labute approximate surface area is 105 Å². The van der Waals surface area contributed by atoms with Gasteiger partial charge in [0.25, 0.3) is 5.91 Å². The van der Waals surface area contributed by atoms with Crippen molar-refractivity contribution in [2.45, 2.75) is 13.5 Å². The van der Waals surface area contributed by atoms with Crippen molar-refractivity contribution in [1.82, 2.24) is 15.1 Å². The Hall–Kier alpha value is -2.14. The summed E-state index contributed by atoms with van der Waals surface area (Å²) < 4.78 is 1.59. The molecule has 0 spiro atoms. The summed E-state index contributed by atoms with van der Waals surface area (Å²) in [6.07, 6.45) is 1.70. The minimum Gasteiger partial charge on any atom is -0.392 e. The van der Waals surface area contributed by atoms with Gasteiger partial charge in [-0.15, -0.1) is 0 Å². The minimum absolute atomic E-state index is 0.0633. The molecule has 1 amide bonds. The predicted octanol–water partition coefficient (Wildman–Crippen LogP) is 1.03. The number of carbonyl (C=O) groups is 1. The fraction of sp³-hybridized carbons (Fsp3) is 0.231. The average Bonchev–Trinajstić information content (AvgIpc) is 2.87. The predicted molar refractivity (Wildman–Crippen MR) is 67.6 cm³/mol. The van der Waals surface area contributed by atoms with Crippen LogP contribution in [-0.4, -0.2) is 27.8 Å². The molecule has 94 valence electrons. The number of nitrogens with one attached hydrogen (secondary N) is 1. The monoisotopic (exact) mass is 245 g/mol. The molecule has 0 atom stereocenters. The number of rotatable bonds is 3. The molecular weight excluding hydrogens is 230 g/mol.